The minimum Gasteiger partial charge on any atom is -0.342 e. The van der Waals surface area contributed by atoms with Gasteiger partial charge in [0.2, 0.25) is 11.8 Å². The third-order valence-corrected chi connectivity index (χ3v) is 5.69. The maximum Gasteiger partial charge on any atom is 0.248 e. The van der Waals surface area contributed by atoms with Crippen molar-refractivity contribution in [1.29, 1.82) is 0 Å². The third-order valence-electron chi connectivity index (χ3n) is 4.40. The molecular weight excluding hydrogens is 308 g/mol. The molecule has 1 saturated heterocycles. The molecule has 0 aromatic carbocycles. The molecule has 1 N–H and O–H groups in total. The third kappa shape index (κ3) is 3.09. The van der Waals surface area contributed by atoms with Gasteiger partial charge in [-0.3, -0.25) is 9.59 Å². The molecule has 2 amide bonds. The SMILES string of the molecule is O=C1CCN(CCc2ccc(Cl)s2)C(=O)C2(CCCC2)N1. The van der Waals surface area contributed by atoms with E-state index in [0.29, 0.717) is 19.5 Å². The van der Waals surface area contributed by atoms with Crippen molar-refractivity contribution in [3.05, 3.63) is 21.3 Å². The van der Waals surface area contributed by atoms with Gasteiger partial charge >= 0.3 is 0 Å². The number of hydrogen-bond donors (Lipinski definition) is 1. The molecule has 0 bridgehead atoms. The Labute approximate surface area is 133 Å². The second-order valence-corrected chi connectivity index (χ2v) is 7.64. The fourth-order valence-corrected chi connectivity index (χ4v) is 4.36. The lowest BCUT2D eigenvalue weighted by molar-refractivity contribution is -0.138. The van der Waals surface area contributed by atoms with E-state index < -0.39 is 5.54 Å². The van der Waals surface area contributed by atoms with Crippen LogP contribution in [-0.2, 0) is 16.0 Å². The molecule has 0 radical (unpaired) electrons. The predicted octanol–water partition coefficient (Wildman–Crippen LogP) is 2.61. The van der Waals surface area contributed by atoms with Crippen LogP contribution in [0.2, 0.25) is 4.34 Å². The summed E-state index contributed by atoms with van der Waals surface area (Å²) < 4.78 is 0.774. The molecule has 6 heteroatoms. The first-order valence-electron chi connectivity index (χ1n) is 7.44. The Bertz CT molecular complexity index is 552. The van der Waals surface area contributed by atoms with Crippen molar-refractivity contribution in [2.24, 2.45) is 0 Å². The van der Waals surface area contributed by atoms with Crippen molar-refractivity contribution in [1.82, 2.24) is 10.2 Å². The van der Waals surface area contributed by atoms with Crippen LogP contribution in [0.25, 0.3) is 0 Å². The van der Waals surface area contributed by atoms with E-state index >= 15 is 0 Å². The normalized spacial score (nSPS) is 21.7. The second kappa shape index (κ2) is 5.97. The quantitative estimate of drug-likeness (QED) is 0.928. The number of carbonyl (C=O) groups excluding carboxylic acids is 2. The smallest absolute Gasteiger partial charge is 0.248 e. The molecule has 1 aromatic rings. The van der Waals surface area contributed by atoms with Gasteiger partial charge < -0.3 is 10.2 Å². The molecule has 0 atom stereocenters. The first kappa shape index (κ1) is 14.9. The summed E-state index contributed by atoms with van der Waals surface area (Å²) in [4.78, 5) is 27.8. The van der Waals surface area contributed by atoms with Crippen LogP contribution in [0.4, 0.5) is 0 Å². The first-order valence-corrected chi connectivity index (χ1v) is 8.63. The summed E-state index contributed by atoms with van der Waals surface area (Å²) in [6.07, 6.45) is 4.78. The van der Waals surface area contributed by atoms with Crippen LogP contribution >= 0.6 is 22.9 Å². The summed E-state index contributed by atoms with van der Waals surface area (Å²) in [5, 5.41) is 2.99. The molecule has 1 aliphatic carbocycles. The molecular formula is C15H19ClN2O2S. The first-order chi connectivity index (χ1) is 10.1. The lowest BCUT2D eigenvalue weighted by atomic mass is 9.96. The molecule has 2 heterocycles. The Kier molecular flexibility index (Phi) is 4.22. The Morgan fingerprint density at radius 1 is 1.29 bits per heavy atom. The fourth-order valence-electron chi connectivity index (χ4n) is 3.29. The zero-order chi connectivity index (χ0) is 14.9. The van der Waals surface area contributed by atoms with E-state index in [9.17, 15) is 9.59 Å². The van der Waals surface area contributed by atoms with Crippen LogP contribution < -0.4 is 5.32 Å². The van der Waals surface area contributed by atoms with Gasteiger partial charge in [0.15, 0.2) is 0 Å². The van der Waals surface area contributed by atoms with Crippen LogP contribution in [0.1, 0.15) is 37.0 Å². The van der Waals surface area contributed by atoms with Crippen molar-refractivity contribution < 1.29 is 9.59 Å². The molecule has 21 heavy (non-hydrogen) atoms. The summed E-state index contributed by atoms with van der Waals surface area (Å²) in [5.41, 5.74) is -0.624. The molecule has 0 unspecified atom stereocenters. The minimum absolute atomic E-state index is 0.00641. The Morgan fingerprint density at radius 3 is 2.71 bits per heavy atom. The summed E-state index contributed by atoms with van der Waals surface area (Å²) in [6, 6.07) is 3.89. The van der Waals surface area contributed by atoms with Crippen LogP contribution in [0.5, 0.6) is 0 Å². The van der Waals surface area contributed by atoms with Gasteiger partial charge in [-0.05, 0) is 31.4 Å². The van der Waals surface area contributed by atoms with E-state index in [0.717, 1.165) is 36.4 Å². The molecule has 1 aliphatic heterocycles. The molecule has 1 aromatic heterocycles. The summed E-state index contributed by atoms with van der Waals surface area (Å²) in [7, 11) is 0. The van der Waals surface area contributed by atoms with Gasteiger partial charge in [0.1, 0.15) is 5.54 Å². The zero-order valence-corrected chi connectivity index (χ0v) is 13.4. The maximum atomic E-state index is 12.8. The van der Waals surface area contributed by atoms with Crippen LogP contribution in [-0.4, -0.2) is 35.3 Å². The monoisotopic (exact) mass is 326 g/mol. The lowest BCUT2D eigenvalue weighted by Crippen LogP contribution is -2.55. The number of amides is 2. The second-order valence-electron chi connectivity index (χ2n) is 5.84. The van der Waals surface area contributed by atoms with Gasteiger partial charge in [0.25, 0.3) is 0 Å². The van der Waals surface area contributed by atoms with Crippen molar-refractivity contribution in [3.63, 3.8) is 0 Å². The minimum atomic E-state index is -0.624. The van der Waals surface area contributed by atoms with E-state index in [1.54, 1.807) is 11.3 Å². The van der Waals surface area contributed by atoms with Gasteiger partial charge in [-0.25, -0.2) is 0 Å². The molecule has 1 saturated carbocycles. The van der Waals surface area contributed by atoms with E-state index in [-0.39, 0.29) is 11.8 Å². The number of hydrogen-bond acceptors (Lipinski definition) is 3. The topological polar surface area (TPSA) is 49.4 Å². The van der Waals surface area contributed by atoms with Crippen LogP contribution in [0.15, 0.2) is 12.1 Å². The molecule has 2 aliphatic rings. The van der Waals surface area contributed by atoms with Crippen molar-refractivity contribution in [2.75, 3.05) is 13.1 Å². The number of rotatable bonds is 3. The van der Waals surface area contributed by atoms with E-state index in [1.165, 1.54) is 4.88 Å². The largest absolute Gasteiger partial charge is 0.342 e. The Hall–Kier alpha value is -1.07. The molecule has 4 nitrogen and oxygen atoms in total. The fraction of sp³-hybridized carbons (Fsp3) is 0.600. The average molecular weight is 327 g/mol. The van der Waals surface area contributed by atoms with Crippen molar-refractivity contribution in [2.45, 2.75) is 44.1 Å². The summed E-state index contributed by atoms with van der Waals surface area (Å²) >= 11 is 7.49. The zero-order valence-electron chi connectivity index (χ0n) is 11.9. The number of nitrogens with zero attached hydrogens (tertiary/aromatic N) is 1. The van der Waals surface area contributed by atoms with Gasteiger partial charge in [-0.1, -0.05) is 24.4 Å². The van der Waals surface area contributed by atoms with Crippen LogP contribution in [0.3, 0.4) is 0 Å². The van der Waals surface area contributed by atoms with Crippen LogP contribution in [0, 0.1) is 0 Å². The highest BCUT2D eigenvalue weighted by atomic mass is 35.5. The van der Waals surface area contributed by atoms with Gasteiger partial charge in [0, 0.05) is 24.4 Å². The number of nitrogens with one attached hydrogen (secondary N) is 1. The Balaban J connectivity index is 1.71. The number of halogens is 1. The molecule has 2 fully saturated rings. The maximum absolute atomic E-state index is 12.8. The van der Waals surface area contributed by atoms with Gasteiger partial charge in [-0.15, -0.1) is 11.3 Å². The van der Waals surface area contributed by atoms with E-state index in [2.05, 4.69) is 5.32 Å². The predicted molar refractivity (Wildman–Crippen MR) is 83.6 cm³/mol. The summed E-state index contributed by atoms with van der Waals surface area (Å²) in [6.45, 7) is 1.18. The number of thiophene rings is 1. The van der Waals surface area contributed by atoms with E-state index in [1.807, 2.05) is 17.0 Å². The lowest BCUT2D eigenvalue weighted by Gasteiger charge is -2.31. The Morgan fingerprint density at radius 2 is 2.05 bits per heavy atom. The van der Waals surface area contributed by atoms with E-state index in [4.69, 9.17) is 11.6 Å². The highest BCUT2D eigenvalue weighted by Gasteiger charge is 2.46. The van der Waals surface area contributed by atoms with Crippen molar-refractivity contribution in [3.8, 4) is 0 Å². The molecule has 1 spiro atoms. The molecule has 3 rings (SSSR count). The van der Waals surface area contributed by atoms with Crippen molar-refractivity contribution >= 4 is 34.8 Å². The number of carbonyl (C=O) groups is 2. The van der Waals surface area contributed by atoms with Gasteiger partial charge in [-0.2, -0.15) is 0 Å². The molecule has 114 valence electrons. The highest BCUT2D eigenvalue weighted by Crippen LogP contribution is 2.33. The summed E-state index contributed by atoms with van der Waals surface area (Å²) in [5.74, 6) is 0.112. The standard InChI is InChI=1S/C15H19ClN2O2S/c16-12-4-3-11(21-12)5-9-18-10-6-13(19)17-15(14(18)20)7-1-2-8-15/h3-4H,1-2,5-10H2,(H,17,19). The highest BCUT2D eigenvalue weighted by molar-refractivity contribution is 7.16. The average Bonchev–Trinajstić information content (AvgIpc) is 3.05. The van der Waals surface area contributed by atoms with Gasteiger partial charge in [0.05, 0.1) is 4.34 Å².